The third kappa shape index (κ3) is 7.72. The summed E-state index contributed by atoms with van der Waals surface area (Å²) in [6, 6.07) is 14.1. The van der Waals surface area contributed by atoms with E-state index in [-0.39, 0.29) is 35.5 Å². The average molecular weight is 457 g/mol. The van der Waals surface area contributed by atoms with Crippen LogP contribution in [0.15, 0.2) is 53.5 Å². The summed E-state index contributed by atoms with van der Waals surface area (Å²) in [5.41, 5.74) is 1.89. The van der Waals surface area contributed by atoms with Crippen molar-refractivity contribution in [2.24, 2.45) is 4.99 Å². The van der Waals surface area contributed by atoms with Gasteiger partial charge in [0.25, 0.3) is 0 Å². The number of aromatic hydroxyl groups is 1. The van der Waals surface area contributed by atoms with Crippen molar-refractivity contribution >= 4 is 29.9 Å². The Balaban J connectivity index is 0.00000312. The number of guanidine groups is 1. The van der Waals surface area contributed by atoms with Crippen molar-refractivity contribution in [3.05, 3.63) is 65.5 Å². The summed E-state index contributed by atoms with van der Waals surface area (Å²) in [6.07, 6.45) is 2.50. The van der Waals surface area contributed by atoms with Crippen molar-refractivity contribution in [1.82, 2.24) is 10.6 Å². The number of nitrogens with zero attached hydrogens (tertiary/aromatic N) is 1. The summed E-state index contributed by atoms with van der Waals surface area (Å²) >= 11 is 0. The zero-order valence-corrected chi connectivity index (χ0v) is 16.7. The Hall–Kier alpha value is -1.83. The van der Waals surface area contributed by atoms with Crippen molar-refractivity contribution in [3.63, 3.8) is 0 Å². The maximum absolute atomic E-state index is 13.5. The number of aryl methyl sites for hydroxylation is 1. The zero-order valence-electron chi connectivity index (χ0n) is 14.3. The lowest BCUT2D eigenvalue weighted by Gasteiger charge is -2.12. The summed E-state index contributed by atoms with van der Waals surface area (Å²) in [6.45, 7) is 1.42. The van der Waals surface area contributed by atoms with Gasteiger partial charge < -0.3 is 15.7 Å². The minimum Gasteiger partial charge on any atom is -0.508 e. The molecule has 136 valence electrons. The number of benzene rings is 2. The van der Waals surface area contributed by atoms with Gasteiger partial charge >= 0.3 is 0 Å². The van der Waals surface area contributed by atoms with Crippen LogP contribution in [0.2, 0.25) is 0 Å². The minimum absolute atomic E-state index is 0. The van der Waals surface area contributed by atoms with Crippen LogP contribution in [-0.2, 0) is 12.8 Å². The van der Waals surface area contributed by atoms with Crippen LogP contribution < -0.4 is 10.6 Å². The second-order valence-electron chi connectivity index (χ2n) is 5.54. The Labute approximate surface area is 165 Å². The molecule has 0 spiro atoms. The van der Waals surface area contributed by atoms with Crippen LogP contribution in [0.25, 0.3) is 0 Å². The summed E-state index contributed by atoms with van der Waals surface area (Å²) in [7, 11) is 1.72. The van der Waals surface area contributed by atoms with Gasteiger partial charge in [-0.1, -0.05) is 30.3 Å². The number of phenolic OH excluding ortho intramolecular Hbond substituents is 1. The Morgan fingerprint density at radius 3 is 2.36 bits per heavy atom. The highest BCUT2D eigenvalue weighted by molar-refractivity contribution is 14.0. The van der Waals surface area contributed by atoms with Crippen molar-refractivity contribution in [1.29, 1.82) is 0 Å². The normalized spacial score (nSPS) is 10.9. The van der Waals surface area contributed by atoms with Crippen LogP contribution in [0.4, 0.5) is 4.39 Å². The van der Waals surface area contributed by atoms with E-state index >= 15 is 0 Å². The van der Waals surface area contributed by atoms with Crippen LogP contribution >= 0.6 is 24.0 Å². The summed E-state index contributed by atoms with van der Waals surface area (Å²) in [4.78, 5) is 4.17. The van der Waals surface area contributed by atoms with Crippen molar-refractivity contribution in [2.75, 3.05) is 20.1 Å². The van der Waals surface area contributed by atoms with Gasteiger partial charge in [0.1, 0.15) is 11.6 Å². The van der Waals surface area contributed by atoms with Crippen LogP contribution in [0.1, 0.15) is 17.5 Å². The molecule has 0 aliphatic heterocycles. The van der Waals surface area contributed by atoms with E-state index in [2.05, 4.69) is 15.6 Å². The number of hydrogen-bond donors (Lipinski definition) is 3. The molecule has 0 saturated heterocycles. The standard InChI is InChI=1S/C19H24FN3O.HI/c1-21-19(23-14-12-16-6-2-3-7-18(16)20)22-13-4-5-15-8-10-17(24)11-9-15;/h2-3,6-11,24H,4-5,12-14H2,1H3,(H2,21,22,23);1H. The van der Waals surface area contributed by atoms with E-state index in [1.807, 2.05) is 18.2 Å². The molecule has 0 atom stereocenters. The molecule has 0 heterocycles. The average Bonchev–Trinajstić information content (AvgIpc) is 2.60. The molecule has 0 amide bonds. The second-order valence-corrected chi connectivity index (χ2v) is 5.54. The molecular weight excluding hydrogens is 432 g/mol. The molecule has 25 heavy (non-hydrogen) atoms. The van der Waals surface area contributed by atoms with Crippen molar-refractivity contribution in [2.45, 2.75) is 19.3 Å². The van der Waals surface area contributed by atoms with Crippen LogP contribution in [-0.4, -0.2) is 31.2 Å². The van der Waals surface area contributed by atoms with Gasteiger partial charge in [-0.3, -0.25) is 4.99 Å². The molecule has 2 aromatic rings. The fourth-order valence-electron chi connectivity index (χ4n) is 2.40. The molecule has 4 nitrogen and oxygen atoms in total. The summed E-state index contributed by atoms with van der Waals surface area (Å²) < 4.78 is 13.5. The number of hydrogen-bond acceptors (Lipinski definition) is 2. The first-order chi connectivity index (χ1) is 11.7. The van der Waals surface area contributed by atoms with Gasteiger partial charge in [-0.05, 0) is 48.6 Å². The van der Waals surface area contributed by atoms with Gasteiger partial charge in [0.15, 0.2) is 5.96 Å². The molecule has 2 rings (SSSR count). The van der Waals surface area contributed by atoms with Crippen LogP contribution in [0, 0.1) is 5.82 Å². The fourth-order valence-corrected chi connectivity index (χ4v) is 2.40. The van der Waals surface area contributed by atoms with Gasteiger partial charge in [-0.15, -0.1) is 24.0 Å². The quantitative estimate of drug-likeness (QED) is 0.258. The molecule has 0 fully saturated rings. The largest absolute Gasteiger partial charge is 0.508 e. The topological polar surface area (TPSA) is 56.7 Å². The first-order valence-electron chi connectivity index (χ1n) is 8.15. The van der Waals surface area contributed by atoms with E-state index in [9.17, 15) is 9.50 Å². The van der Waals surface area contributed by atoms with E-state index in [4.69, 9.17) is 0 Å². The van der Waals surface area contributed by atoms with E-state index in [1.54, 1.807) is 31.3 Å². The molecular formula is C19H25FIN3O. The summed E-state index contributed by atoms with van der Waals surface area (Å²) in [5.74, 6) is 0.838. The van der Waals surface area contributed by atoms with Crippen molar-refractivity contribution in [3.8, 4) is 5.75 Å². The molecule has 0 radical (unpaired) electrons. The van der Waals surface area contributed by atoms with Crippen LogP contribution in [0.3, 0.4) is 0 Å². The lowest BCUT2D eigenvalue weighted by Crippen LogP contribution is -2.38. The molecule has 2 aromatic carbocycles. The predicted molar refractivity (Wildman–Crippen MR) is 111 cm³/mol. The number of phenols is 1. The predicted octanol–water partition coefficient (Wildman–Crippen LogP) is 3.49. The van der Waals surface area contributed by atoms with Crippen molar-refractivity contribution < 1.29 is 9.50 Å². The van der Waals surface area contributed by atoms with E-state index in [0.29, 0.717) is 18.5 Å². The highest BCUT2D eigenvalue weighted by Gasteiger charge is 2.02. The SMILES string of the molecule is CN=C(NCCCc1ccc(O)cc1)NCCc1ccccc1F.I. The van der Waals surface area contributed by atoms with E-state index in [1.165, 1.54) is 11.6 Å². The molecule has 6 heteroatoms. The van der Waals surface area contributed by atoms with Gasteiger partial charge in [-0.25, -0.2) is 4.39 Å². The fraction of sp³-hybridized carbons (Fsp3) is 0.316. The van der Waals surface area contributed by atoms with E-state index in [0.717, 1.165) is 25.3 Å². The van der Waals surface area contributed by atoms with Gasteiger partial charge in [0.2, 0.25) is 0 Å². The molecule has 3 N–H and O–H groups in total. The Morgan fingerprint density at radius 2 is 1.68 bits per heavy atom. The Kier molecular flexibility index (Phi) is 9.91. The molecule has 0 saturated carbocycles. The third-order valence-corrected chi connectivity index (χ3v) is 3.74. The minimum atomic E-state index is -0.170. The van der Waals surface area contributed by atoms with Crippen LogP contribution in [0.5, 0.6) is 5.75 Å². The first-order valence-corrected chi connectivity index (χ1v) is 8.15. The lowest BCUT2D eigenvalue weighted by atomic mass is 10.1. The number of rotatable bonds is 7. The Morgan fingerprint density at radius 1 is 1.00 bits per heavy atom. The molecule has 0 aliphatic carbocycles. The maximum atomic E-state index is 13.5. The number of halogens is 2. The molecule has 0 unspecified atom stereocenters. The monoisotopic (exact) mass is 457 g/mol. The van der Waals surface area contributed by atoms with E-state index < -0.39 is 0 Å². The van der Waals surface area contributed by atoms with Gasteiger partial charge in [-0.2, -0.15) is 0 Å². The molecule has 0 aromatic heterocycles. The maximum Gasteiger partial charge on any atom is 0.190 e. The highest BCUT2D eigenvalue weighted by atomic mass is 127. The second kappa shape index (κ2) is 11.7. The smallest absolute Gasteiger partial charge is 0.190 e. The van der Waals surface area contributed by atoms with Gasteiger partial charge in [0.05, 0.1) is 0 Å². The molecule has 0 bridgehead atoms. The number of aliphatic imine (C=N–C) groups is 1. The number of nitrogens with one attached hydrogen (secondary N) is 2. The first kappa shape index (κ1) is 21.2. The Bertz CT molecular complexity index is 662. The lowest BCUT2D eigenvalue weighted by molar-refractivity contribution is 0.475. The molecule has 0 aliphatic rings. The zero-order chi connectivity index (χ0) is 17.2. The highest BCUT2D eigenvalue weighted by Crippen LogP contribution is 2.10. The van der Waals surface area contributed by atoms with Gasteiger partial charge in [0, 0.05) is 20.1 Å². The summed E-state index contributed by atoms with van der Waals surface area (Å²) in [5, 5.41) is 15.7. The third-order valence-electron chi connectivity index (χ3n) is 3.74.